The summed E-state index contributed by atoms with van der Waals surface area (Å²) in [7, 11) is -3.54. The second-order valence-electron chi connectivity index (χ2n) is 4.62. The van der Waals surface area contributed by atoms with Gasteiger partial charge in [0, 0.05) is 12.2 Å². The molecule has 1 saturated carbocycles. The number of pyridine rings is 1. The monoisotopic (exact) mass is 255 g/mol. The minimum atomic E-state index is -3.54. The van der Waals surface area contributed by atoms with Gasteiger partial charge in [-0.05, 0) is 37.3 Å². The van der Waals surface area contributed by atoms with Crippen LogP contribution in [0, 0.1) is 5.92 Å². The van der Waals surface area contributed by atoms with Crippen LogP contribution in [-0.2, 0) is 10.0 Å². The fourth-order valence-corrected chi connectivity index (χ4v) is 3.59. The van der Waals surface area contributed by atoms with Crippen molar-refractivity contribution in [2.45, 2.75) is 37.1 Å². The number of nitrogens with one attached hydrogen (secondary N) is 1. The number of hydrogen-bond acceptors (Lipinski definition) is 4. The Balaban J connectivity index is 2.17. The first-order valence-corrected chi connectivity index (χ1v) is 7.20. The van der Waals surface area contributed by atoms with Gasteiger partial charge >= 0.3 is 0 Å². The first kappa shape index (κ1) is 12.3. The molecule has 2 rings (SSSR count). The average Bonchev–Trinajstić information content (AvgIpc) is 2.63. The normalized spacial score (nSPS) is 25.0. The summed E-state index contributed by atoms with van der Waals surface area (Å²) < 4.78 is 26.9. The summed E-state index contributed by atoms with van der Waals surface area (Å²) in [6, 6.07) is 3.07. The Morgan fingerprint density at radius 3 is 2.82 bits per heavy atom. The highest BCUT2D eigenvalue weighted by molar-refractivity contribution is 7.89. The smallest absolute Gasteiger partial charge is 0.244 e. The lowest BCUT2D eigenvalue weighted by Crippen LogP contribution is -2.33. The Kier molecular flexibility index (Phi) is 3.35. The second-order valence-corrected chi connectivity index (χ2v) is 6.31. The molecule has 0 spiro atoms. The lowest BCUT2D eigenvalue weighted by molar-refractivity contribution is 0.538. The van der Waals surface area contributed by atoms with Gasteiger partial charge in [0.2, 0.25) is 10.0 Å². The molecular weight excluding hydrogens is 238 g/mol. The Labute approximate surface area is 101 Å². The summed E-state index contributed by atoms with van der Waals surface area (Å²) in [5, 5.41) is 0. The van der Waals surface area contributed by atoms with Crippen LogP contribution in [0.2, 0.25) is 0 Å². The molecule has 17 heavy (non-hydrogen) atoms. The number of hydrogen-bond donors (Lipinski definition) is 2. The van der Waals surface area contributed by atoms with Gasteiger partial charge in [0.1, 0.15) is 10.7 Å². The topological polar surface area (TPSA) is 85.1 Å². The van der Waals surface area contributed by atoms with Crippen molar-refractivity contribution >= 4 is 15.8 Å². The van der Waals surface area contributed by atoms with Crippen molar-refractivity contribution in [2.75, 3.05) is 5.73 Å². The van der Waals surface area contributed by atoms with Crippen LogP contribution in [0.25, 0.3) is 0 Å². The summed E-state index contributed by atoms with van der Waals surface area (Å²) in [4.78, 5) is 3.86. The molecule has 1 aromatic heterocycles. The summed E-state index contributed by atoms with van der Waals surface area (Å²) in [6.07, 6.45) is 4.32. The van der Waals surface area contributed by atoms with Crippen molar-refractivity contribution < 1.29 is 8.42 Å². The molecule has 0 amide bonds. The van der Waals surface area contributed by atoms with Gasteiger partial charge in [0.05, 0.1) is 0 Å². The summed E-state index contributed by atoms with van der Waals surface area (Å²) in [5.41, 5.74) is 5.58. The highest BCUT2D eigenvalue weighted by atomic mass is 32.2. The minimum absolute atomic E-state index is 0.0228. The number of nitrogens with zero attached hydrogens (tertiary/aromatic N) is 1. The van der Waals surface area contributed by atoms with Gasteiger partial charge in [-0.25, -0.2) is 18.1 Å². The third kappa shape index (κ3) is 2.76. The van der Waals surface area contributed by atoms with Crippen molar-refractivity contribution in [2.24, 2.45) is 5.92 Å². The first-order valence-electron chi connectivity index (χ1n) is 5.72. The Hall–Kier alpha value is -1.14. The van der Waals surface area contributed by atoms with E-state index in [0.29, 0.717) is 5.92 Å². The third-order valence-corrected chi connectivity index (χ3v) is 4.67. The SMILES string of the molecule is CC1CCC(NS(=O)(=O)c2cccnc2N)C1. The maximum Gasteiger partial charge on any atom is 0.244 e. The molecule has 0 radical (unpaired) electrons. The number of nitrogen functional groups attached to an aromatic ring is 1. The molecule has 3 N–H and O–H groups in total. The van der Waals surface area contributed by atoms with Gasteiger partial charge in [0.25, 0.3) is 0 Å². The van der Waals surface area contributed by atoms with Crippen LogP contribution < -0.4 is 10.5 Å². The van der Waals surface area contributed by atoms with Gasteiger partial charge in [-0.3, -0.25) is 0 Å². The van der Waals surface area contributed by atoms with E-state index < -0.39 is 10.0 Å². The molecule has 1 aliphatic carbocycles. The van der Waals surface area contributed by atoms with Crippen LogP contribution in [0.3, 0.4) is 0 Å². The molecule has 94 valence electrons. The van der Waals surface area contributed by atoms with E-state index in [4.69, 9.17) is 5.73 Å². The largest absolute Gasteiger partial charge is 0.383 e. The van der Waals surface area contributed by atoms with Crippen LogP contribution >= 0.6 is 0 Å². The fourth-order valence-electron chi connectivity index (χ4n) is 2.23. The van der Waals surface area contributed by atoms with E-state index in [1.54, 1.807) is 6.07 Å². The van der Waals surface area contributed by atoms with E-state index in [-0.39, 0.29) is 16.8 Å². The zero-order valence-corrected chi connectivity index (χ0v) is 10.6. The third-order valence-electron chi connectivity index (χ3n) is 3.11. The van der Waals surface area contributed by atoms with Crippen molar-refractivity contribution in [1.29, 1.82) is 0 Å². The molecule has 2 atom stereocenters. The molecule has 6 heteroatoms. The van der Waals surface area contributed by atoms with E-state index in [0.717, 1.165) is 19.3 Å². The molecule has 0 aromatic carbocycles. The van der Waals surface area contributed by atoms with Crippen LogP contribution in [0.15, 0.2) is 23.2 Å². The molecule has 0 aliphatic heterocycles. The van der Waals surface area contributed by atoms with E-state index in [1.807, 2.05) is 0 Å². The van der Waals surface area contributed by atoms with E-state index in [2.05, 4.69) is 16.6 Å². The Morgan fingerprint density at radius 1 is 1.47 bits per heavy atom. The number of sulfonamides is 1. The molecule has 5 nitrogen and oxygen atoms in total. The van der Waals surface area contributed by atoms with Crippen molar-refractivity contribution in [3.63, 3.8) is 0 Å². The standard InChI is InChI=1S/C11H17N3O2S/c1-8-4-5-9(7-8)14-17(15,16)10-3-2-6-13-11(10)12/h2-3,6,8-9,14H,4-5,7H2,1H3,(H2,12,13). The molecule has 1 aliphatic rings. The van der Waals surface area contributed by atoms with E-state index in [9.17, 15) is 8.42 Å². The van der Waals surface area contributed by atoms with Crippen LogP contribution in [-0.4, -0.2) is 19.4 Å². The summed E-state index contributed by atoms with van der Waals surface area (Å²) in [5.74, 6) is 0.625. The number of rotatable bonds is 3. The zero-order valence-electron chi connectivity index (χ0n) is 9.76. The maximum atomic E-state index is 12.1. The molecule has 1 heterocycles. The Bertz CT molecular complexity index is 501. The van der Waals surface area contributed by atoms with Gasteiger partial charge < -0.3 is 5.73 Å². The van der Waals surface area contributed by atoms with Gasteiger partial charge in [-0.1, -0.05) is 6.92 Å². The predicted octanol–water partition coefficient (Wildman–Crippen LogP) is 1.13. The van der Waals surface area contributed by atoms with Crippen molar-refractivity contribution in [1.82, 2.24) is 9.71 Å². The minimum Gasteiger partial charge on any atom is -0.383 e. The molecule has 1 fully saturated rings. The highest BCUT2D eigenvalue weighted by Gasteiger charge is 2.27. The highest BCUT2D eigenvalue weighted by Crippen LogP contribution is 2.26. The second kappa shape index (κ2) is 4.62. The van der Waals surface area contributed by atoms with Crippen LogP contribution in [0.5, 0.6) is 0 Å². The zero-order chi connectivity index (χ0) is 12.5. The number of nitrogens with two attached hydrogens (primary N) is 1. The van der Waals surface area contributed by atoms with Gasteiger partial charge in [-0.15, -0.1) is 0 Å². The van der Waals surface area contributed by atoms with Gasteiger partial charge in [-0.2, -0.15) is 0 Å². The molecular formula is C11H17N3O2S. The maximum absolute atomic E-state index is 12.1. The molecule has 2 unspecified atom stereocenters. The fraction of sp³-hybridized carbons (Fsp3) is 0.545. The quantitative estimate of drug-likeness (QED) is 0.848. The van der Waals surface area contributed by atoms with Crippen molar-refractivity contribution in [3.8, 4) is 0 Å². The van der Waals surface area contributed by atoms with E-state index in [1.165, 1.54) is 12.3 Å². The lowest BCUT2D eigenvalue weighted by atomic mass is 10.1. The summed E-state index contributed by atoms with van der Waals surface area (Å²) >= 11 is 0. The van der Waals surface area contributed by atoms with Gasteiger partial charge in [0.15, 0.2) is 0 Å². The van der Waals surface area contributed by atoms with Crippen LogP contribution in [0.1, 0.15) is 26.2 Å². The number of anilines is 1. The summed E-state index contributed by atoms with van der Waals surface area (Å²) in [6.45, 7) is 2.13. The molecule has 0 saturated heterocycles. The number of aromatic nitrogens is 1. The molecule has 0 bridgehead atoms. The molecule has 1 aromatic rings. The van der Waals surface area contributed by atoms with Crippen molar-refractivity contribution in [3.05, 3.63) is 18.3 Å². The predicted molar refractivity (Wildman–Crippen MR) is 65.8 cm³/mol. The lowest BCUT2D eigenvalue weighted by Gasteiger charge is -2.13. The van der Waals surface area contributed by atoms with Crippen LogP contribution in [0.4, 0.5) is 5.82 Å². The average molecular weight is 255 g/mol. The first-order chi connectivity index (χ1) is 7.99. The van der Waals surface area contributed by atoms with E-state index >= 15 is 0 Å². The Morgan fingerprint density at radius 2 is 2.24 bits per heavy atom.